The summed E-state index contributed by atoms with van der Waals surface area (Å²) < 4.78 is 7.77. The molecule has 0 bridgehead atoms. The van der Waals surface area contributed by atoms with Crippen molar-refractivity contribution in [2.24, 2.45) is 0 Å². The molecule has 6 aromatic rings. The molecule has 1 aliphatic heterocycles. The summed E-state index contributed by atoms with van der Waals surface area (Å²) in [6.07, 6.45) is -2.29. The number of fused-ring (bicyclic) bond motifs is 1. The predicted molar refractivity (Wildman–Crippen MR) is 208 cm³/mol. The van der Waals surface area contributed by atoms with Crippen LogP contribution in [0.2, 0.25) is 0 Å². The number of amides is 2. The zero-order valence-corrected chi connectivity index (χ0v) is 34.6. The van der Waals surface area contributed by atoms with Crippen LogP contribution in [0.15, 0.2) is 127 Å². The van der Waals surface area contributed by atoms with Crippen LogP contribution in [0.3, 0.4) is 0 Å². The molecular weight excluding hydrogens is 909 g/mol. The van der Waals surface area contributed by atoms with E-state index in [-0.39, 0.29) is 49.7 Å². The molecule has 14 nitrogen and oxygen atoms in total. The van der Waals surface area contributed by atoms with Gasteiger partial charge < -0.3 is 0 Å². The summed E-state index contributed by atoms with van der Waals surface area (Å²) in [5.41, 5.74) is 4.04. The first-order chi connectivity index (χ1) is 27.1. The normalized spacial score (nSPS) is 18.5. The fourth-order valence-corrected chi connectivity index (χ4v) is 8.73. The molecule has 2 amide bonds. The van der Waals surface area contributed by atoms with E-state index in [1.807, 2.05) is 81.4 Å². The molecule has 0 radical (unpaired) electrons. The van der Waals surface area contributed by atoms with Gasteiger partial charge in [-0.3, -0.25) is 10.1 Å². The molecule has 1 saturated heterocycles. The summed E-state index contributed by atoms with van der Waals surface area (Å²) in [7, 11) is 0. The molecular formula is C41H37N6O8Tl. The second-order valence-corrected chi connectivity index (χ2v) is 15.6. The Morgan fingerprint density at radius 1 is 0.679 bits per heavy atom. The van der Waals surface area contributed by atoms with Crippen LogP contribution in [0.4, 0.5) is 16.2 Å². The molecule has 1 fully saturated rings. The maximum absolute atomic E-state index is 15.2. The first-order valence-electron chi connectivity index (χ1n) is 17.9. The Morgan fingerprint density at radius 2 is 1.23 bits per heavy atom. The standard InChI is InChI=1S/C41H37N6O8.Tl/c48-39-36(22-27-10-3-1-4-11-27)44(24-29-14-9-15-31(20-29)46(51)52)41(50)45(37(40(39)49)23-28-12-5-2-6-13-28)25-30-18-19-33-32(21-30)34(43-42-33)26-55-38-17-8-7-16-35(38)47(53)54;/h1-21,36-37,39-40,48-49H,22-26H2;/q-1;+1/t36-,37-,39+,40+;/m1./s1. The number of nitro groups is 2. The average molecular weight is 946 g/mol. The van der Waals surface area contributed by atoms with Crippen molar-refractivity contribution in [2.45, 2.75) is 56.8 Å². The van der Waals surface area contributed by atoms with E-state index in [0.717, 1.165) is 22.0 Å². The van der Waals surface area contributed by atoms with Gasteiger partial charge in [0.2, 0.25) is 0 Å². The topological polar surface area (TPSA) is 177 Å². The van der Waals surface area contributed by atoms with Gasteiger partial charge in [-0.1, -0.05) is 42.5 Å². The molecule has 2 N–H and O–H groups in total. The van der Waals surface area contributed by atoms with Gasteiger partial charge in [0.15, 0.2) is 0 Å². The molecule has 282 valence electrons. The molecule has 1 aromatic heterocycles. The molecule has 56 heavy (non-hydrogen) atoms. The van der Waals surface area contributed by atoms with Crippen LogP contribution < -0.4 is 4.74 Å². The number of nitrogens with zero attached hydrogens (tertiary/aromatic N) is 6. The van der Waals surface area contributed by atoms with Crippen molar-refractivity contribution in [3.05, 3.63) is 176 Å². The zero-order chi connectivity index (χ0) is 39.3. The Bertz CT molecular complexity index is 2360. The van der Waals surface area contributed by atoms with E-state index in [9.17, 15) is 30.4 Å². The number of aliphatic hydroxyl groups is 2. The third kappa shape index (κ3) is 8.41. The number of ether oxygens (including phenoxy) is 1. The second-order valence-electron chi connectivity index (χ2n) is 13.7. The van der Waals surface area contributed by atoms with E-state index < -0.39 is 40.2 Å². The molecule has 0 spiro atoms. The van der Waals surface area contributed by atoms with E-state index in [4.69, 9.17) is 9.84 Å². The van der Waals surface area contributed by atoms with Gasteiger partial charge in [0.1, 0.15) is 0 Å². The van der Waals surface area contributed by atoms with E-state index in [0.29, 0.717) is 42.9 Å². The molecule has 15 heteroatoms. The number of urea groups is 1. The second kappa shape index (κ2) is 17.0. The summed E-state index contributed by atoms with van der Waals surface area (Å²) in [4.78, 5) is 40.6. The van der Waals surface area contributed by atoms with Crippen molar-refractivity contribution in [1.82, 2.24) is 17.4 Å². The number of carbonyl (C=O) groups is 1. The van der Waals surface area contributed by atoms with E-state index in [2.05, 4.69) is 0 Å². The Hall–Kier alpha value is -5.72. The van der Waals surface area contributed by atoms with Crippen molar-refractivity contribution >= 4 is 54.4 Å². The minimum absolute atomic E-state index is 0.0349. The number of hydrogen-bond donors (Lipinski definition) is 2. The summed E-state index contributed by atoms with van der Waals surface area (Å²) >= 11 is 0.302. The van der Waals surface area contributed by atoms with Crippen LogP contribution >= 0.6 is 0 Å². The molecule has 4 atom stereocenters. The van der Waals surface area contributed by atoms with Crippen LogP contribution in [0.25, 0.3) is 10.9 Å². The van der Waals surface area contributed by atoms with E-state index in [1.54, 1.807) is 29.2 Å². The van der Waals surface area contributed by atoms with Gasteiger partial charge in [0.05, 0.1) is 4.92 Å². The molecule has 1 aliphatic rings. The quantitative estimate of drug-likeness (QED) is 0.0830. The van der Waals surface area contributed by atoms with Crippen molar-refractivity contribution in [2.75, 3.05) is 0 Å². The fraction of sp³-hybridized carbons (Fsp3) is 0.220. The Morgan fingerprint density at radius 3 is 1.82 bits per heavy atom. The number of rotatable bonds is 13. The third-order valence-corrected chi connectivity index (χ3v) is 11.6. The molecule has 7 rings (SSSR count). The summed E-state index contributed by atoms with van der Waals surface area (Å²) in [6, 6.07) is 34.5. The zero-order valence-electron chi connectivity index (χ0n) is 30.1. The number of benzene rings is 5. The third-order valence-electron chi connectivity index (χ3n) is 10.1. The molecule has 5 aromatic carbocycles. The van der Waals surface area contributed by atoms with Crippen molar-refractivity contribution in [1.29, 1.82) is 0 Å². The first kappa shape index (κ1) is 38.6. The SMILES string of the molecule is O=C1N(Cc2cccc([N+](=O)[O-])c2)[C@H](Cc2ccccc2)[C@H](O)[C@@H](O)[C@@H](Cc2ccccc2)N1Cc1ccc2c(c1)c(COc1ccccc1[N+](=O)[O-])n[n]2[Tl]. The van der Waals surface area contributed by atoms with E-state index in [1.165, 1.54) is 29.2 Å². The predicted octanol–water partition coefficient (Wildman–Crippen LogP) is 5.75. The first-order valence-corrected chi connectivity index (χ1v) is 19.9. The van der Waals surface area contributed by atoms with Crippen molar-refractivity contribution in [3.8, 4) is 5.75 Å². The van der Waals surface area contributed by atoms with Gasteiger partial charge >= 0.3 is 270 Å². The van der Waals surface area contributed by atoms with Crippen LogP contribution in [-0.4, -0.2) is 93.8 Å². The monoisotopic (exact) mass is 946 g/mol. The number of aliphatic hydroxyl groups excluding tert-OH is 2. The fourth-order valence-electron chi connectivity index (χ4n) is 7.31. The van der Waals surface area contributed by atoms with Crippen molar-refractivity contribution in [3.63, 3.8) is 0 Å². The van der Waals surface area contributed by atoms with Gasteiger partial charge in [-0.05, 0) is 0 Å². The minimum atomic E-state index is -1.38. The Labute approximate surface area is 338 Å². The summed E-state index contributed by atoms with van der Waals surface area (Å²) in [5, 5.41) is 53.0. The van der Waals surface area contributed by atoms with Crippen LogP contribution in [0.5, 0.6) is 5.75 Å². The molecule has 0 unspecified atom stereocenters. The molecule has 0 aliphatic carbocycles. The Balaban J connectivity index is 1.28. The van der Waals surface area contributed by atoms with Gasteiger partial charge in [-0.15, -0.1) is 0 Å². The van der Waals surface area contributed by atoms with E-state index >= 15 is 4.79 Å². The number of non-ortho nitro benzene ring substituents is 1. The summed E-state index contributed by atoms with van der Waals surface area (Å²) in [5.74, 6) is 0.118. The number of carbonyl (C=O) groups excluding carboxylic acids is 1. The van der Waals surface area contributed by atoms with Crippen LogP contribution in [0.1, 0.15) is 27.9 Å². The van der Waals surface area contributed by atoms with Crippen molar-refractivity contribution < 1.29 is 29.6 Å². The van der Waals surface area contributed by atoms with Gasteiger partial charge in [0, 0.05) is 6.07 Å². The molecule has 2 heterocycles. The van der Waals surface area contributed by atoms with Crippen LogP contribution in [0, 0.1) is 20.2 Å². The Kier molecular flexibility index (Phi) is 11.7. The number of hydrogen-bond acceptors (Lipinski definition) is 9. The van der Waals surface area contributed by atoms with Gasteiger partial charge in [0.25, 0.3) is 5.69 Å². The van der Waals surface area contributed by atoms with Gasteiger partial charge in [-0.2, -0.15) is 0 Å². The number of para-hydroxylation sites is 2. The summed E-state index contributed by atoms with van der Waals surface area (Å²) in [6.45, 7) is -0.0534. The maximum atomic E-state index is 15.2. The average Bonchev–Trinajstić information content (AvgIpc) is 3.51. The molecule has 0 saturated carbocycles. The van der Waals surface area contributed by atoms with Gasteiger partial charge in [-0.25, -0.2) is 0 Å². The number of nitro benzene ring substituents is 2. The number of aromatic nitrogens is 2. The van der Waals surface area contributed by atoms with Crippen LogP contribution in [-0.2, 0) is 32.5 Å².